The molecule has 2 N–H and O–H groups in total. The van der Waals surface area contributed by atoms with Crippen LogP contribution in [-0.4, -0.2) is 23.4 Å². The Balaban J connectivity index is 1.79. The quantitative estimate of drug-likeness (QED) is 0.569. The fourth-order valence-corrected chi connectivity index (χ4v) is 2.37. The highest BCUT2D eigenvalue weighted by Crippen LogP contribution is 2.25. The van der Waals surface area contributed by atoms with Crippen molar-refractivity contribution < 1.29 is 9.84 Å². The largest absolute Gasteiger partial charge is 0.504 e. The lowest BCUT2D eigenvalue weighted by Crippen LogP contribution is -1.95. The van der Waals surface area contributed by atoms with Crippen LogP contribution in [0.5, 0.6) is 11.5 Å². The van der Waals surface area contributed by atoms with Crippen LogP contribution >= 0.6 is 0 Å². The number of anilines is 1. The molecule has 0 spiro atoms. The van der Waals surface area contributed by atoms with Crippen molar-refractivity contribution in [3.05, 3.63) is 59.7 Å². The number of methoxy groups -OCH3 is 1. The standard InChI is InChI=1S/C18H17N3O2/c1-12-9-18(20-15-6-4-3-5-14(12)15)21-19-11-13-7-8-17(23-2)16(22)10-13/h3-11,22H,1-2H3,(H,20,21). The van der Waals surface area contributed by atoms with Gasteiger partial charge in [-0.05, 0) is 48.4 Å². The number of aromatic hydroxyl groups is 1. The van der Waals surface area contributed by atoms with Gasteiger partial charge in [0.25, 0.3) is 0 Å². The van der Waals surface area contributed by atoms with E-state index in [0.717, 1.165) is 22.0 Å². The monoisotopic (exact) mass is 307 g/mol. The van der Waals surface area contributed by atoms with Gasteiger partial charge in [-0.25, -0.2) is 4.98 Å². The SMILES string of the molecule is COc1ccc(C=NNc2cc(C)c3ccccc3n2)cc1O. The van der Waals surface area contributed by atoms with Crippen LogP contribution in [0, 0.1) is 6.92 Å². The van der Waals surface area contributed by atoms with Crippen LogP contribution in [-0.2, 0) is 0 Å². The number of aromatic nitrogens is 1. The summed E-state index contributed by atoms with van der Waals surface area (Å²) in [5.74, 6) is 1.19. The van der Waals surface area contributed by atoms with Crippen LogP contribution in [0.15, 0.2) is 53.6 Å². The van der Waals surface area contributed by atoms with E-state index in [2.05, 4.69) is 15.5 Å². The molecule has 3 aromatic rings. The second-order valence-electron chi connectivity index (χ2n) is 5.14. The van der Waals surface area contributed by atoms with Gasteiger partial charge < -0.3 is 9.84 Å². The lowest BCUT2D eigenvalue weighted by Gasteiger charge is -2.06. The van der Waals surface area contributed by atoms with Gasteiger partial charge in [0, 0.05) is 5.39 Å². The summed E-state index contributed by atoms with van der Waals surface area (Å²) < 4.78 is 5.01. The fraction of sp³-hybridized carbons (Fsp3) is 0.111. The van der Waals surface area contributed by atoms with Gasteiger partial charge in [-0.1, -0.05) is 18.2 Å². The zero-order valence-electron chi connectivity index (χ0n) is 12.9. The predicted octanol–water partition coefficient (Wildman–Crippen LogP) is 3.70. The van der Waals surface area contributed by atoms with Crippen LogP contribution < -0.4 is 10.2 Å². The first-order valence-electron chi connectivity index (χ1n) is 7.20. The summed E-state index contributed by atoms with van der Waals surface area (Å²) in [6.07, 6.45) is 1.62. The van der Waals surface area contributed by atoms with E-state index >= 15 is 0 Å². The van der Waals surface area contributed by atoms with Gasteiger partial charge in [0.05, 0.1) is 18.8 Å². The van der Waals surface area contributed by atoms with E-state index in [0.29, 0.717) is 11.6 Å². The fourth-order valence-electron chi connectivity index (χ4n) is 2.37. The Morgan fingerprint density at radius 2 is 2.00 bits per heavy atom. The Bertz CT molecular complexity index is 875. The maximum atomic E-state index is 9.74. The number of hydrazone groups is 1. The molecule has 5 heteroatoms. The number of ether oxygens (including phenoxy) is 1. The molecule has 0 aliphatic rings. The number of nitrogens with zero attached hydrogens (tertiary/aromatic N) is 2. The molecule has 0 aliphatic carbocycles. The highest BCUT2D eigenvalue weighted by molar-refractivity contribution is 5.84. The highest BCUT2D eigenvalue weighted by Gasteiger charge is 2.02. The third-order valence-electron chi connectivity index (χ3n) is 3.52. The van der Waals surface area contributed by atoms with Crippen LogP contribution in [0.1, 0.15) is 11.1 Å². The third-order valence-corrected chi connectivity index (χ3v) is 3.52. The summed E-state index contributed by atoms with van der Waals surface area (Å²) in [7, 11) is 1.51. The smallest absolute Gasteiger partial charge is 0.160 e. The Labute approximate surface area is 134 Å². The van der Waals surface area contributed by atoms with E-state index in [1.165, 1.54) is 7.11 Å². The molecule has 0 amide bonds. The number of phenols is 1. The molecule has 3 rings (SSSR count). The zero-order chi connectivity index (χ0) is 16.2. The number of fused-ring (bicyclic) bond motifs is 1. The molecular weight excluding hydrogens is 290 g/mol. The number of phenolic OH excluding ortho intramolecular Hbond substituents is 1. The number of aryl methyl sites for hydroxylation is 1. The van der Waals surface area contributed by atoms with E-state index < -0.39 is 0 Å². The number of hydrogen-bond acceptors (Lipinski definition) is 5. The van der Waals surface area contributed by atoms with Gasteiger partial charge >= 0.3 is 0 Å². The van der Waals surface area contributed by atoms with Crippen molar-refractivity contribution in [3.8, 4) is 11.5 Å². The lowest BCUT2D eigenvalue weighted by atomic mass is 10.1. The van der Waals surface area contributed by atoms with Gasteiger partial charge in [-0.15, -0.1) is 0 Å². The second kappa shape index (κ2) is 6.36. The van der Waals surface area contributed by atoms with Crippen molar-refractivity contribution in [2.45, 2.75) is 6.92 Å². The van der Waals surface area contributed by atoms with Crippen molar-refractivity contribution >= 4 is 22.9 Å². The summed E-state index contributed by atoms with van der Waals surface area (Å²) in [5.41, 5.74) is 5.74. The first-order chi connectivity index (χ1) is 11.2. The molecule has 0 saturated carbocycles. The summed E-state index contributed by atoms with van der Waals surface area (Å²) in [4.78, 5) is 4.52. The average Bonchev–Trinajstić information content (AvgIpc) is 2.55. The molecule has 0 radical (unpaired) electrons. The molecule has 1 heterocycles. The minimum atomic E-state index is 0.0797. The summed E-state index contributed by atoms with van der Waals surface area (Å²) >= 11 is 0. The van der Waals surface area contributed by atoms with Crippen molar-refractivity contribution in [1.29, 1.82) is 0 Å². The number of rotatable bonds is 4. The molecule has 23 heavy (non-hydrogen) atoms. The third kappa shape index (κ3) is 3.23. The number of para-hydroxylation sites is 1. The van der Waals surface area contributed by atoms with Crippen LogP contribution in [0.4, 0.5) is 5.82 Å². The molecule has 0 aliphatic heterocycles. The van der Waals surface area contributed by atoms with Crippen molar-refractivity contribution in [3.63, 3.8) is 0 Å². The van der Waals surface area contributed by atoms with E-state index in [1.807, 2.05) is 43.3 Å². The van der Waals surface area contributed by atoms with Gasteiger partial charge in [-0.2, -0.15) is 5.10 Å². The zero-order valence-corrected chi connectivity index (χ0v) is 12.9. The van der Waals surface area contributed by atoms with Gasteiger partial charge in [0.15, 0.2) is 11.5 Å². The minimum absolute atomic E-state index is 0.0797. The first kappa shape index (κ1) is 14.8. The second-order valence-corrected chi connectivity index (χ2v) is 5.14. The number of hydrogen-bond donors (Lipinski definition) is 2. The molecule has 0 fully saturated rings. The Morgan fingerprint density at radius 1 is 1.17 bits per heavy atom. The van der Waals surface area contributed by atoms with E-state index in [9.17, 15) is 5.11 Å². The molecule has 1 aromatic heterocycles. The highest BCUT2D eigenvalue weighted by atomic mass is 16.5. The normalized spacial score (nSPS) is 11.0. The number of pyridine rings is 1. The predicted molar refractivity (Wildman–Crippen MR) is 92.4 cm³/mol. The maximum Gasteiger partial charge on any atom is 0.160 e. The number of benzene rings is 2. The van der Waals surface area contributed by atoms with Crippen molar-refractivity contribution in [2.75, 3.05) is 12.5 Å². The van der Waals surface area contributed by atoms with Gasteiger partial charge in [0.2, 0.25) is 0 Å². The van der Waals surface area contributed by atoms with E-state index in [-0.39, 0.29) is 5.75 Å². The molecule has 5 nitrogen and oxygen atoms in total. The Hall–Kier alpha value is -3.08. The Kier molecular flexibility index (Phi) is 4.10. The van der Waals surface area contributed by atoms with E-state index in [1.54, 1.807) is 18.3 Å². The number of nitrogens with one attached hydrogen (secondary N) is 1. The van der Waals surface area contributed by atoms with Crippen LogP contribution in [0.25, 0.3) is 10.9 Å². The molecule has 0 atom stereocenters. The topological polar surface area (TPSA) is 66.7 Å². The first-order valence-corrected chi connectivity index (χ1v) is 7.20. The summed E-state index contributed by atoms with van der Waals surface area (Å²) in [6, 6.07) is 15.0. The average molecular weight is 307 g/mol. The molecule has 2 aromatic carbocycles. The van der Waals surface area contributed by atoms with Crippen LogP contribution in [0.3, 0.4) is 0 Å². The lowest BCUT2D eigenvalue weighted by molar-refractivity contribution is 0.373. The van der Waals surface area contributed by atoms with Crippen molar-refractivity contribution in [2.24, 2.45) is 5.10 Å². The Morgan fingerprint density at radius 3 is 2.78 bits per heavy atom. The maximum absolute atomic E-state index is 9.74. The summed E-state index contributed by atoms with van der Waals surface area (Å²) in [6.45, 7) is 2.04. The molecule has 0 bridgehead atoms. The minimum Gasteiger partial charge on any atom is -0.504 e. The van der Waals surface area contributed by atoms with Gasteiger partial charge in [0.1, 0.15) is 5.82 Å². The molecule has 0 unspecified atom stereocenters. The molecular formula is C18H17N3O2. The van der Waals surface area contributed by atoms with Gasteiger partial charge in [-0.3, -0.25) is 5.43 Å². The van der Waals surface area contributed by atoms with Crippen LogP contribution in [0.2, 0.25) is 0 Å². The summed E-state index contributed by atoms with van der Waals surface area (Å²) in [5, 5.41) is 15.0. The molecule has 0 saturated heterocycles. The molecule has 116 valence electrons. The van der Waals surface area contributed by atoms with Crippen molar-refractivity contribution in [1.82, 2.24) is 4.98 Å². The van der Waals surface area contributed by atoms with E-state index in [4.69, 9.17) is 4.74 Å².